The summed E-state index contributed by atoms with van der Waals surface area (Å²) in [4.78, 5) is 19.4. The number of nitrogens with two attached hydrogens (primary N) is 1. The molecule has 1 saturated heterocycles. The van der Waals surface area contributed by atoms with Gasteiger partial charge in [-0.15, -0.1) is 0 Å². The van der Waals surface area contributed by atoms with Gasteiger partial charge in [0.15, 0.2) is 5.84 Å². The van der Waals surface area contributed by atoms with Gasteiger partial charge in [-0.2, -0.15) is 0 Å². The smallest absolute Gasteiger partial charge is 0.156 e. The molecular formula is C28H31FN6. The lowest BCUT2D eigenvalue weighted by Crippen LogP contribution is -2.42. The molecule has 3 aromatic rings. The van der Waals surface area contributed by atoms with Crippen LogP contribution < -0.4 is 15.5 Å². The van der Waals surface area contributed by atoms with E-state index >= 15 is 0 Å². The highest BCUT2D eigenvalue weighted by atomic mass is 19.1. The molecule has 3 aliphatic rings. The second-order valence-corrected chi connectivity index (χ2v) is 10.2. The Bertz CT molecular complexity index is 1280. The summed E-state index contributed by atoms with van der Waals surface area (Å²) in [5.74, 6) is 1.63. The maximum Gasteiger partial charge on any atom is 0.156 e. The number of anilines is 2. The molecule has 6 rings (SSSR count). The largest absolute Gasteiger partial charge is 0.355 e. The summed E-state index contributed by atoms with van der Waals surface area (Å²) in [6.07, 6.45) is 6.07. The molecule has 2 N–H and O–H groups in total. The van der Waals surface area contributed by atoms with Crippen molar-refractivity contribution in [1.82, 2.24) is 9.97 Å². The van der Waals surface area contributed by atoms with Crippen molar-refractivity contribution in [3.05, 3.63) is 71.4 Å². The fraction of sp³-hybridized carbons (Fsp3) is 0.393. The first kappa shape index (κ1) is 22.2. The van der Waals surface area contributed by atoms with Crippen molar-refractivity contribution >= 4 is 17.3 Å². The van der Waals surface area contributed by atoms with Crippen LogP contribution in [0.4, 0.5) is 15.9 Å². The van der Waals surface area contributed by atoms with E-state index in [0.717, 1.165) is 91.7 Å². The third-order valence-electron chi connectivity index (χ3n) is 7.87. The minimum Gasteiger partial charge on any atom is -0.355 e. The number of rotatable bonds is 3. The fourth-order valence-electron chi connectivity index (χ4n) is 5.53. The van der Waals surface area contributed by atoms with Crippen LogP contribution in [0.25, 0.3) is 11.1 Å². The number of benzene rings is 2. The van der Waals surface area contributed by atoms with Crippen LogP contribution in [0.3, 0.4) is 0 Å². The standard InChI is InChI=1S/C28H31FN6/c1-28(18-30)11-14-34(15-12-28)25-17-31-26-23(33-25)16-32-27(26)35-13-3-5-22-21(4-2-6-24(22)35)19-7-9-20(29)10-8-19/h2,4,6-10,17H,3,5,11-16,18,30H2,1H3. The number of hydrogen-bond donors (Lipinski definition) is 1. The summed E-state index contributed by atoms with van der Waals surface area (Å²) < 4.78 is 13.5. The highest BCUT2D eigenvalue weighted by molar-refractivity contribution is 6.11. The Balaban J connectivity index is 1.28. The molecule has 180 valence electrons. The summed E-state index contributed by atoms with van der Waals surface area (Å²) >= 11 is 0. The highest BCUT2D eigenvalue weighted by Gasteiger charge is 2.32. The van der Waals surface area contributed by atoms with Crippen molar-refractivity contribution < 1.29 is 4.39 Å². The fourth-order valence-corrected chi connectivity index (χ4v) is 5.53. The number of hydrogen-bond acceptors (Lipinski definition) is 6. The van der Waals surface area contributed by atoms with E-state index in [1.54, 1.807) is 0 Å². The van der Waals surface area contributed by atoms with Gasteiger partial charge in [0.05, 0.1) is 18.4 Å². The van der Waals surface area contributed by atoms with Gasteiger partial charge in [-0.1, -0.05) is 31.2 Å². The predicted octanol–water partition coefficient (Wildman–Crippen LogP) is 4.56. The van der Waals surface area contributed by atoms with Gasteiger partial charge in [-0.05, 0) is 72.5 Å². The molecule has 0 radical (unpaired) electrons. The number of aromatic nitrogens is 2. The third kappa shape index (κ3) is 3.97. The monoisotopic (exact) mass is 470 g/mol. The SMILES string of the molecule is CC1(CN)CCN(c2cnc3c(n2)CN=C3N2CCCc3c(-c4ccc(F)cc4)cccc32)CC1. The Kier molecular flexibility index (Phi) is 5.52. The average Bonchev–Trinajstić information content (AvgIpc) is 3.32. The number of nitrogens with zero attached hydrogens (tertiary/aromatic N) is 5. The van der Waals surface area contributed by atoms with Gasteiger partial charge in [0, 0.05) is 25.3 Å². The van der Waals surface area contributed by atoms with Crippen LogP contribution in [0.15, 0.2) is 53.7 Å². The number of fused-ring (bicyclic) bond motifs is 2. The molecule has 2 aromatic carbocycles. The van der Waals surface area contributed by atoms with E-state index < -0.39 is 0 Å². The maximum atomic E-state index is 13.5. The molecule has 0 aliphatic carbocycles. The number of halogens is 1. The van der Waals surface area contributed by atoms with Gasteiger partial charge in [0.25, 0.3) is 0 Å². The van der Waals surface area contributed by atoms with Crippen LogP contribution in [0.2, 0.25) is 0 Å². The zero-order valence-electron chi connectivity index (χ0n) is 20.2. The lowest BCUT2D eigenvalue weighted by molar-refractivity contribution is 0.258. The van der Waals surface area contributed by atoms with Crippen molar-refractivity contribution in [1.29, 1.82) is 0 Å². The second-order valence-electron chi connectivity index (χ2n) is 10.2. The van der Waals surface area contributed by atoms with E-state index in [2.05, 4.69) is 34.9 Å². The van der Waals surface area contributed by atoms with E-state index in [1.807, 2.05) is 18.3 Å². The Labute approximate surface area is 205 Å². The van der Waals surface area contributed by atoms with Gasteiger partial charge in [0.2, 0.25) is 0 Å². The van der Waals surface area contributed by atoms with Gasteiger partial charge in [-0.3, -0.25) is 4.99 Å². The first-order valence-electron chi connectivity index (χ1n) is 12.6. The average molecular weight is 471 g/mol. The molecule has 0 unspecified atom stereocenters. The van der Waals surface area contributed by atoms with Crippen LogP contribution >= 0.6 is 0 Å². The van der Waals surface area contributed by atoms with Crippen LogP contribution in [-0.2, 0) is 13.0 Å². The number of amidine groups is 1. The van der Waals surface area contributed by atoms with Gasteiger partial charge in [-0.25, -0.2) is 14.4 Å². The van der Waals surface area contributed by atoms with Crippen LogP contribution in [0.5, 0.6) is 0 Å². The zero-order chi connectivity index (χ0) is 24.0. The first-order valence-corrected chi connectivity index (χ1v) is 12.6. The van der Waals surface area contributed by atoms with Crippen LogP contribution in [-0.4, -0.2) is 42.0 Å². The van der Waals surface area contributed by atoms with E-state index in [0.29, 0.717) is 6.54 Å². The molecular weight excluding hydrogens is 439 g/mol. The Morgan fingerprint density at radius 1 is 1.06 bits per heavy atom. The molecule has 7 heteroatoms. The quantitative estimate of drug-likeness (QED) is 0.608. The lowest BCUT2D eigenvalue weighted by Gasteiger charge is -2.39. The summed E-state index contributed by atoms with van der Waals surface area (Å²) in [5, 5.41) is 0. The van der Waals surface area contributed by atoms with E-state index in [1.165, 1.54) is 17.7 Å². The Morgan fingerprint density at radius 2 is 1.86 bits per heavy atom. The van der Waals surface area contributed by atoms with Gasteiger partial charge in [0.1, 0.15) is 17.3 Å². The van der Waals surface area contributed by atoms with Crippen LogP contribution in [0, 0.1) is 11.2 Å². The van der Waals surface area contributed by atoms with Gasteiger partial charge >= 0.3 is 0 Å². The molecule has 0 amide bonds. The summed E-state index contributed by atoms with van der Waals surface area (Å²) in [5.41, 5.74) is 12.7. The van der Waals surface area contributed by atoms with E-state index in [4.69, 9.17) is 20.7 Å². The predicted molar refractivity (Wildman–Crippen MR) is 138 cm³/mol. The zero-order valence-corrected chi connectivity index (χ0v) is 20.2. The Hall–Kier alpha value is -3.32. The molecule has 0 spiro atoms. The van der Waals surface area contributed by atoms with E-state index in [9.17, 15) is 4.39 Å². The highest BCUT2D eigenvalue weighted by Crippen LogP contribution is 2.37. The summed E-state index contributed by atoms with van der Waals surface area (Å²) in [6.45, 7) is 6.38. The minimum atomic E-state index is -0.215. The van der Waals surface area contributed by atoms with Crippen molar-refractivity contribution in [2.24, 2.45) is 16.1 Å². The van der Waals surface area contributed by atoms with Crippen molar-refractivity contribution in [3.63, 3.8) is 0 Å². The molecule has 35 heavy (non-hydrogen) atoms. The molecule has 0 saturated carbocycles. The first-order chi connectivity index (χ1) is 17.0. The molecule has 0 bridgehead atoms. The molecule has 3 aliphatic heterocycles. The summed E-state index contributed by atoms with van der Waals surface area (Å²) in [6, 6.07) is 13.1. The molecule has 0 atom stereocenters. The van der Waals surface area contributed by atoms with Crippen molar-refractivity contribution in [2.45, 2.75) is 39.2 Å². The van der Waals surface area contributed by atoms with Gasteiger partial charge < -0.3 is 15.5 Å². The third-order valence-corrected chi connectivity index (χ3v) is 7.87. The van der Waals surface area contributed by atoms with Crippen LogP contribution in [0.1, 0.15) is 43.1 Å². The molecule has 4 heterocycles. The van der Waals surface area contributed by atoms with Crippen molar-refractivity contribution in [3.8, 4) is 11.1 Å². The van der Waals surface area contributed by atoms with Crippen molar-refractivity contribution in [2.75, 3.05) is 36.0 Å². The second kappa shape index (κ2) is 8.72. The molecule has 6 nitrogen and oxygen atoms in total. The lowest BCUT2D eigenvalue weighted by atomic mass is 9.80. The molecule has 1 aromatic heterocycles. The number of piperidine rings is 1. The minimum absolute atomic E-state index is 0.215. The maximum absolute atomic E-state index is 13.5. The summed E-state index contributed by atoms with van der Waals surface area (Å²) in [7, 11) is 0. The number of aliphatic imine (C=N–C) groups is 1. The normalized spacial score (nSPS) is 18.8. The molecule has 1 fully saturated rings. The van der Waals surface area contributed by atoms with E-state index in [-0.39, 0.29) is 11.2 Å². The topological polar surface area (TPSA) is 70.6 Å². The Morgan fingerprint density at radius 3 is 2.63 bits per heavy atom.